The SMILES string of the molecule is CCCNC(c1ccccc1)c1c(C)cc(C)cc1F. The molecule has 1 atom stereocenters. The zero-order valence-corrected chi connectivity index (χ0v) is 12.4. The van der Waals surface area contributed by atoms with Gasteiger partial charge < -0.3 is 5.32 Å². The van der Waals surface area contributed by atoms with E-state index in [0.717, 1.165) is 35.2 Å². The van der Waals surface area contributed by atoms with Gasteiger partial charge in [-0.05, 0) is 49.6 Å². The number of aryl methyl sites for hydroxylation is 2. The largest absolute Gasteiger partial charge is 0.306 e. The van der Waals surface area contributed by atoms with Crippen LogP contribution in [-0.4, -0.2) is 6.54 Å². The number of rotatable bonds is 5. The van der Waals surface area contributed by atoms with Crippen LogP contribution in [0.4, 0.5) is 4.39 Å². The smallest absolute Gasteiger partial charge is 0.128 e. The van der Waals surface area contributed by atoms with Crippen LogP contribution in [0.5, 0.6) is 0 Å². The molecule has 20 heavy (non-hydrogen) atoms. The van der Waals surface area contributed by atoms with Gasteiger partial charge in [0.2, 0.25) is 0 Å². The fraction of sp³-hybridized carbons (Fsp3) is 0.333. The van der Waals surface area contributed by atoms with E-state index in [1.54, 1.807) is 6.07 Å². The molecule has 0 saturated carbocycles. The Balaban J connectivity index is 2.47. The van der Waals surface area contributed by atoms with Crippen molar-refractivity contribution in [1.82, 2.24) is 5.32 Å². The molecule has 1 unspecified atom stereocenters. The van der Waals surface area contributed by atoms with Gasteiger partial charge in [0, 0.05) is 5.56 Å². The van der Waals surface area contributed by atoms with E-state index >= 15 is 0 Å². The predicted octanol–water partition coefficient (Wildman–Crippen LogP) is 4.53. The Hall–Kier alpha value is -1.67. The van der Waals surface area contributed by atoms with Crippen molar-refractivity contribution in [2.24, 2.45) is 0 Å². The fourth-order valence-electron chi connectivity index (χ4n) is 2.61. The molecule has 0 aliphatic carbocycles. The molecule has 106 valence electrons. The van der Waals surface area contributed by atoms with Crippen LogP contribution in [0.25, 0.3) is 0 Å². The first kappa shape index (κ1) is 14.7. The molecule has 0 aliphatic heterocycles. The second-order valence-electron chi connectivity index (χ2n) is 5.28. The summed E-state index contributed by atoms with van der Waals surface area (Å²) in [6.45, 7) is 6.89. The first-order chi connectivity index (χ1) is 9.63. The highest BCUT2D eigenvalue weighted by Crippen LogP contribution is 2.28. The van der Waals surface area contributed by atoms with Gasteiger partial charge in [-0.3, -0.25) is 0 Å². The molecule has 1 nitrogen and oxygen atoms in total. The molecule has 2 aromatic rings. The molecule has 0 fully saturated rings. The second kappa shape index (κ2) is 6.67. The summed E-state index contributed by atoms with van der Waals surface area (Å²) >= 11 is 0. The lowest BCUT2D eigenvalue weighted by Crippen LogP contribution is -2.25. The lowest BCUT2D eigenvalue weighted by atomic mass is 9.93. The van der Waals surface area contributed by atoms with Crippen LogP contribution in [0, 0.1) is 19.7 Å². The van der Waals surface area contributed by atoms with Crippen molar-refractivity contribution >= 4 is 0 Å². The van der Waals surface area contributed by atoms with Crippen molar-refractivity contribution in [3.05, 3.63) is 70.5 Å². The Morgan fingerprint density at radius 2 is 1.80 bits per heavy atom. The molecule has 0 aromatic heterocycles. The van der Waals surface area contributed by atoms with E-state index < -0.39 is 0 Å². The first-order valence-corrected chi connectivity index (χ1v) is 7.18. The summed E-state index contributed by atoms with van der Waals surface area (Å²) in [4.78, 5) is 0. The van der Waals surface area contributed by atoms with Crippen LogP contribution in [0.3, 0.4) is 0 Å². The second-order valence-corrected chi connectivity index (χ2v) is 5.28. The van der Waals surface area contributed by atoms with Crippen molar-refractivity contribution < 1.29 is 4.39 Å². The first-order valence-electron chi connectivity index (χ1n) is 7.18. The lowest BCUT2D eigenvalue weighted by molar-refractivity contribution is 0.543. The Morgan fingerprint density at radius 3 is 2.40 bits per heavy atom. The average Bonchev–Trinajstić information content (AvgIpc) is 2.42. The summed E-state index contributed by atoms with van der Waals surface area (Å²) in [7, 11) is 0. The average molecular weight is 271 g/mol. The maximum atomic E-state index is 14.4. The monoisotopic (exact) mass is 271 g/mol. The van der Waals surface area contributed by atoms with Crippen LogP contribution < -0.4 is 5.32 Å². The Bertz CT molecular complexity index is 540. The number of halogens is 1. The molecule has 0 bridgehead atoms. The topological polar surface area (TPSA) is 12.0 Å². The van der Waals surface area contributed by atoms with Gasteiger partial charge in [0.1, 0.15) is 5.82 Å². The number of benzene rings is 2. The third-order valence-electron chi connectivity index (χ3n) is 3.50. The molecule has 0 saturated heterocycles. The Morgan fingerprint density at radius 1 is 1.10 bits per heavy atom. The number of hydrogen-bond acceptors (Lipinski definition) is 1. The summed E-state index contributed by atoms with van der Waals surface area (Å²) in [5.74, 6) is -0.125. The van der Waals surface area contributed by atoms with Gasteiger partial charge in [-0.2, -0.15) is 0 Å². The molecule has 0 aliphatic rings. The van der Waals surface area contributed by atoms with E-state index in [2.05, 4.69) is 12.2 Å². The van der Waals surface area contributed by atoms with Crippen LogP contribution in [0.1, 0.15) is 41.6 Å². The van der Waals surface area contributed by atoms with Crippen LogP contribution in [-0.2, 0) is 0 Å². The molecular weight excluding hydrogens is 249 g/mol. The molecule has 0 amide bonds. The predicted molar refractivity (Wildman–Crippen MR) is 82.5 cm³/mol. The van der Waals surface area contributed by atoms with Gasteiger partial charge in [-0.25, -0.2) is 4.39 Å². The zero-order valence-electron chi connectivity index (χ0n) is 12.4. The van der Waals surface area contributed by atoms with E-state index in [-0.39, 0.29) is 11.9 Å². The molecule has 2 aromatic carbocycles. The minimum Gasteiger partial charge on any atom is -0.306 e. The van der Waals surface area contributed by atoms with Gasteiger partial charge in [0.15, 0.2) is 0 Å². The van der Waals surface area contributed by atoms with E-state index in [1.807, 2.05) is 50.2 Å². The van der Waals surface area contributed by atoms with E-state index in [9.17, 15) is 4.39 Å². The highest BCUT2D eigenvalue weighted by atomic mass is 19.1. The van der Waals surface area contributed by atoms with Crippen molar-refractivity contribution in [1.29, 1.82) is 0 Å². The zero-order chi connectivity index (χ0) is 14.5. The number of nitrogens with one attached hydrogen (secondary N) is 1. The van der Waals surface area contributed by atoms with Crippen molar-refractivity contribution in [3.63, 3.8) is 0 Å². The molecule has 0 heterocycles. The quantitative estimate of drug-likeness (QED) is 0.842. The maximum Gasteiger partial charge on any atom is 0.128 e. The highest BCUT2D eigenvalue weighted by Gasteiger charge is 2.19. The molecule has 0 radical (unpaired) electrons. The minimum absolute atomic E-state index is 0.0863. The van der Waals surface area contributed by atoms with Gasteiger partial charge in [-0.1, -0.05) is 43.3 Å². The lowest BCUT2D eigenvalue weighted by Gasteiger charge is -2.22. The highest BCUT2D eigenvalue weighted by molar-refractivity contribution is 5.40. The number of hydrogen-bond donors (Lipinski definition) is 1. The van der Waals surface area contributed by atoms with E-state index in [0.29, 0.717) is 0 Å². The Labute approximate surface area is 120 Å². The van der Waals surface area contributed by atoms with Crippen LogP contribution >= 0.6 is 0 Å². The van der Waals surface area contributed by atoms with Gasteiger partial charge in [-0.15, -0.1) is 0 Å². The van der Waals surface area contributed by atoms with Crippen molar-refractivity contribution in [2.45, 2.75) is 33.2 Å². The molecule has 2 heteroatoms. The summed E-state index contributed by atoms with van der Waals surface area (Å²) in [6, 6.07) is 13.6. The Kier molecular flexibility index (Phi) is 4.91. The van der Waals surface area contributed by atoms with Crippen LogP contribution in [0.15, 0.2) is 42.5 Å². The summed E-state index contributed by atoms with van der Waals surface area (Å²) in [5, 5.41) is 3.46. The van der Waals surface area contributed by atoms with E-state index in [1.165, 1.54) is 0 Å². The van der Waals surface area contributed by atoms with E-state index in [4.69, 9.17) is 0 Å². The summed E-state index contributed by atoms with van der Waals surface area (Å²) in [5.41, 5.74) is 3.83. The van der Waals surface area contributed by atoms with Crippen molar-refractivity contribution in [2.75, 3.05) is 6.54 Å². The maximum absolute atomic E-state index is 14.4. The normalized spacial score (nSPS) is 12.4. The third kappa shape index (κ3) is 3.26. The van der Waals surface area contributed by atoms with Gasteiger partial charge in [0.25, 0.3) is 0 Å². The van der Waals surface area contributed by atoms with Gasteiger partial charge >= 0.3 is 0 Å². The van der Waals surface area contributed by atoms with Crippen molar-refractivity contribution in [3.8, 4) is 0 Å². The van der Waals surface area contributed by atoms with Gasteiger partial charge in [0.05, 0.1) is 6.04 Å². The summed E-state index contributed by atoms with van der Waals surface area (Å²) < 4.78 is 14.4. The summed E-state index contributed by atoms with van der Waals surface area (Å²) in [6.07, 6.45) is 1.02. The minimum atomic E-state index is -0.125. The molecular formula is C18H22FN. The standard InChI is InChI=1S/C18H22FN/c1-4-10-20-18(15-8-6-5-7-9-15)17-14(3)11-13(2)12-16(17)19/h5-9,11-12,18,20H,4,10H2,1-3H3. The molecule has 2 rings (SSSR count). The third-order valence-corrected chi connectivity index (χ3v) is 3.50. The molecule has 0 spiro atoms. The molecule has 1 N–H and O–H groups in total. The van der Waals surface area contributed by atoms with Crippen LogP contribution in [0.2, 0.25) is 0 Å². The fourth-order valence-corrected chi connectivity index (χ4v) is 2.61.